The van der Waals surface area contributed by atoms with Crippen LogP contribution in [0.25, 0.3) is 11.1 Å². The zero-order valence-corrected chi connectivity index (χ0v) is 14.4. The number of urea groups is 1. The highest BCUT2D eigenvalue weighted by molar-refractivity contribution is 5.87. The molecule has 1 heterocycles. The van der Waals surface area contributed by atoms with E-state index in [0.29, 0.717) is 19.5 Å². The smallest absolute Gasteiger partial charge is 0.312 e. The van der Waals surface area contributed by atoms with Gasteiger partial charge in [0.25, 0.3) is 0 Å². The Labute approximate surface area is 147 Å². The van der Waals surface area contributed by atoms with Crippen molar-refractivity contribution in [2.45, 2.75) is 38.9 Å². The molecule has 3 rings (SSSR count). The van der Waals surface area contributed by atoms with Gasteiger partial charge < -0.3 is 16.0 Å². The summed E-state index contributed by atoms with van der Waals surface area (Å²) in [6, 6.07) is 15.0. The lowest BCUT2D eigenvalue weighted by molar-refractivity contribution is -0.134. The Morgan fingerprint density at radius 3 is 2.04 bits per heavy atom. The van der Waals surface area contributed by atoms with E-state index in [9.17, 15) is 9.59 Å². The standard InChI is InChI=1S/C20H23N3O2/c1-2-7-18(22-20(21)25)19(24)23-12-14-8-3-5-10-16(14)17-11-6-4-9-15(17)13-23/h3-6,8-11,18H,2,7,12-13H2,1H3,(H3,21,22,25)/t18-/m1/s1. The zero-order valence-electron chi connectivity index (χ0n) is 14.4. The SMILES string of the molecule is CCC[C@@H](NC(N)=O)C(=O)N1Cc2ccccc2-c2ccccc2C1. The number of hydrogen-bond acceptors (Lipinski definition) is 2. The molecule has 0 saturated heterocycles. The molecule has 130 valence electrons. The van der Waals surface area contributed by atoms with Crippen molar-refractivity contribution in [3.8, 4) is 11.1 Å². The maximum absolute atomic E-state index is 13.1. The van der Waals surface area contributed by atoms with Gasteiger partial charge in [0.05, 0.1) is 0 Å². The number of primary amides is 1. The first-order valence-corrected chi connectivity index (χ1v) is 8.61. The Hall–Kier alpha value is -2.82. The van der Waals surface area contributed by atoms with E-state index in [0.717, 1.165) is 28.7 Å². The predicted molar refractivity (Wildman–Crippen MR) is 97.5 cm³/mol. The summed E-state index contributed by atoms with van der Waals surface area (Å²) in [6.07, 6.45) is 1.36. The number of nitrogens with two attached hydrogens (primary N) is 1. The van der Waals surface area contributed by atoms with Crippen LogP contribution in [0.1, 0.15) is 30.9 Å². The number of nitrogens with one attached hydrogen (secondary N) is 1. The van der Waals surface area contributed by atoms with Crippen LogP contribution in [0.5, 0.6) is 0 Å². The third-order valence-electron chi connectivity index (χ3n) is 4.55. The van der Waals surface area contributed by atoms with Crippen molar-refractivity contribution in [2.24, 2.45) is 5.73 Å². The van der Waals surface area contributed by atoms with Gasteiger partial charge in [-0.15, -0.1) is 0 Å². The molecule has 0 aliphatic carbocycles. The van der Waals surface area contributed by atoms with Gasteiger partial charge in [0.15, 0.2) is 0 Å². The van der Waals surface area contributed by atoms with Crippen molar-refractivity contribution in [1.82, 2.24) is 10.2 Å². The molecule has 0 aromatic heterocycles. The molecule has 2 aromatic carbocycles. The summed E-state index contributed by atoms with van der Waals surface area (Å²) < 4.78 is 0. The summed E-state index contributed by atoms with van der Waals surface area (Å²) >= 11 is 0. The van der Waals surface area contributed by atoms with Crippen LogP contribution in [0.15, 0.2) is 48.5 Å². The van der Waals surface area contributed by atoms with Gasteiger partial charge in [-0.1, -0.05) is 61.9 Å². The lowest BCUT2D eigenvalue weighted by atomic mass is 9.97. The Morgan fingerprint density at radius 2 is 1.56 bits per heavy atom. The van der Waals surface area contributed by atoms with E-state index in [-0.39, 0.29) is 5.91 Å². The number of rotatable bonds is 4. The van der Waals surface area contributed by atoms with Gasteiger partial charge in [0, 0.05) is 13.1 Å². The molecule has 5 heteroatoms. The van der Waals surface area contributed by atoms with Crippen molar-refractivity contribution < 1.29 is 9.59 Å². The van der Waals surface area contributed by atoms with Gasteiger partial charge in [0.2, 0.25) is 5.91 Å². The molecule has 0 fully saturated rings. The first-order chi connectivity index (χ1) is 12.1. The van der Waals surface area contributed by atoms with Gasteiger partial charge in [-0.2, -0.15) is 0 Å². The second-order valence-corrected chi connectivity index (χ2v) is 6.36. The van der Waals surface area contributed by atoms with Gasteiger partial charge in [-0.3, -0.25) is 4.79 Å². The zero-order chi connectivity index (χ0) is 17.8. The Morgan fingerprint density at radius 1 is 1.04 bits per heavy atom. The van der Waals surface area contributed by atoms with E-state index >= 15 is 0 Å². The molecular formula is C20H23N3O2. The highest BCUT2D eigenvalue weighted by Gasteiger charge is 2.28. The molecule has 5 nitrogen and oxygen atoms in total. The summed E-state index contributed by atoms with van der Waals surface area (Å²) in [5, 5.41) is 2.59. The van der Waals surface area contributed by atoms with Crippen molar-refractivity contribution in [3.63, 3.8) is 0 Å². The third-order valence-corrected chi connectivity index (χ3v) is 4.55. The van der Waals surface area contributed by atoms with E-state index in [1.807, 2.05) is 43.3 Å². The van der Waals surface area contributed by atoms with Crippen LogP contribution >= 0.6 is 0 Å². The largest absolute Gasteiger partial charge is 0.352 e. The van der Waals surface area contributed by atoms with Gasteiger partial charge in [-0.25, -0.2) is 4.79 Å². The highest BCUT2D eigenvalue weighted by Crippen LogP contribution is 2.32. The van der Waals surface area contributed by atoms with E-state index in [1.165, 1.54) is 0 Å². The molecule has 1 atom stereocenters. The van der Waals surface area contributed by atoms with Crippen LogP contribution in [-0.4, -0.2) is 22.9 Å². The third kappa shape index (κ3) is 3.65. The number of benzene rings is 2. The number of nitrogens with zero attached hydrogens (tertiary/aromatic N) is 1. The topological polar surface area (TPSA) is 75.4 Å². The van der Waals surface area contributed by atoms with Crippen LogP contribution in [-0.2, 0) is 17.9 Å². The van der Waals surface area contributed by atoms with E-state index < -0.39 is 12.1 Å². The molecule has 2 aromatic rings. The molecule has 0 bridgehead atoms. The number of carbonyl (C=O) groups is 2. The average molecular weight is 337 g/mol. The number of hydrogen-bond donors (Lipinski definition) is 2. The first-order valence-electron chi connectivity index (χ1n) is 8.61. The molecule has 0 radical (unpaired) electrons. The number of amides is 3. The van der Waals surface area contributed by atoms with Crippen LogP contribution < -0.4 is 11.1 Å². The monoisotopic (exact) mass is 337 g/mol. The summed E-state index contributed by atoms with van der Waals surface area (Å²) in [5.41, 5.74) is 9.78. The fourth-order valence-corrected chi connectivity index (χ4v) is 3.40. The molecular weight excluding hydrogens is 314 g/mol. The molecule has 0 saturated carbocycles. The average Bonchev–Trinajstić information content (AvgIpc) is 2.77. The minimum Gasteiger partial charge on any atom is -0.352 e. The minimum absolute atomic E-state index is 0.0906. The Balaban J connectivity index is 1.96. The second kappa shape index (κ2) is 7.38. The summed E-state index contributed by atoms with van der Waals surface area (Å²) in [4.78, 5) is 26.1. The predicted octanol–water partition coefficient (Wildman–Crippen LogP) is 3.03. The fraction of sp³-hybridized carbons (Fsp3) is 0.300. The second-order valence-electron chi connectivity index (χ2n) is 6.36. The summed E-state index contributed by atoms with van der Waals surface area (Å²) in [6.45, 7) is 3.02. The lowest BCUT2D eigenvalue weighted by Crippen LogP contribution is -2.49. The maximum Gasteiger partial charge on any atom is 0.312 e. The van der Waals surface area contributed by atoms with Gasteiger partial charge in [0.1, 0.15) is 6.04 Å². The van der Waals surface area contributed by atoms with E-state index in [2.05, 4.69) is 17.4 Å². The molecule has 0 spiro atoms. The molecule has 3 N–H and O–H groups in total. The molecule has 1 aliphatic heterocycles. The quantitative estimate of drug-likeness (QED) is 0.900. The molecule has 1 aliphatic rings. The Bertz CT molecular complexity index is 741. The van der Waals surface area contributed by atoms with Crippen molar-refractivity contribution >= 4 is 11.9 Å². The minimum atomic E-state index is -0.664. The molecule has 25 heavy (non-hydrogen) atoms. The summed E-state index contributed by atoms with van der Waals surface area (Å²) in [7, 11) is 0. The molecule has 3 amide bonds. The number of fused-ring (bicyclic) bond motifs is 3. The van der Waals surface area contributed by atoms with Crippen LogP contribution in [0, 0.1) is 0 Å². The van der Waals surface area contributed by atoms with Crippen LogP contribution in [0.4, 0.5) is 4.79 Å². The van der Waals surface area contributed by atoms with Crippen molar-refractivity contribution in [3.05, 3.63) is 59.7 Å². The fourth-order valence-electron chi connectivity index (χ4n) is 3.40. The van der Waals surface area contributed by atoms with E-state index in [1.54, 1.807) is 4.90 Å². The highest BCUT2D eigenvalue weighted by atomic mass is 16.2. The first kappa shape index (κ1) is 17.0. The van der Waals surface area contributed by atoms with Crippen LogP contribution in [0.3, 0.4) is 0 Å². The van der Waals surface area contributed by atoms with Crippen molar-refractivity contribution in [1.29, 1.82) is 0 Å². The summed E-state index contributed by atoms with van der Waals surface area (Å²) in [5.74, 6) is -0.0906. The van der Waals surface area contributed by atoms with Gasteiger partial charge >= 0.3 is 6.03 Å². The maximum atomic E-state index is 13.1. The van der Waals surface area contributed by atoms with E-state index in [4.69, 9.17) is 5.73 Å². The lowest BCUT2D eigenvalue weighted by Gasteiger charge is -2.27. The van der Waals surface area contributed by atoms with Gasteiger partial charge in [-0.05, 0) is 28.7 Å². The van der Waals surface area contributed by atoms with Crippen LogP contribution in [0.2, 0.25) is 0 Å². The number of carbonyl (C=O) groups excluding carboxylic acids is 2. The van der Waals surface area contributed by atoms with Crippen molar-refractivity contribution in [2.75, 3.05) is 0 Å². The Kier molecular flexibility index (Phi) is 5.03. The molecule has 0 unspecified atom stereocenters. The normalized spacial score (nSPS) is 14.0.